The van der Waals surface area contributed by atoms with Crippen molar-refractivity contribution in [3.63, 3.8) is 0 Å². The second kappa shape index (κ2) is 13.7. The highest BCUT2D eigenvalue weighted by Crippen LogP contribution is 2.49. The first-order valence-corrected chi connectivity index (χ1v) is 17.1. The first kappa shape index (κ1) is 32.3. The summed E-state index contributed by atoms with van der Waals surface area (Å²) in [7, 11) is 0. The highest BCUT2D eigenvalue weighted by atomic mass is 35.5. The minimum absolute atomic E-state index is 0.105. The number of halogens is 2. The number of aromatic nitrogens is 1. The lowest BCUT2D eigenvalue weighted by atomic mass is 9.82. The largest absolute Gasteiger partial charge is 0.507 e. The summed E-state index contributed by atoms with van der Waals surface area (Å²) in [6.07, 6.45) is 1.74. The van der Waals surface area contributed by atoms with Gasteiger partial charge in [-0.1, -0.05) is 105 Å². The van der Waals surface area contributed by atoms with Crippen LogP contribution in [0.1, 0.15) is 25.0 Å². The number of phenolic OH excluding ortho intramolecular Hbond substituents is 1. The molecule has 6 heteroatoms. The van der Waals surface area contributed by atoms with Crippen LogP contribution in [0.4, 0.5) is 17.1 Å². The predicted octanol–water partition coefficient (Wildman–Crippen LogP) is 12.6. The number of benzene rings is 6. The van der Waals surface area contributed by atoms with Crippen LogP contribution < -0.4 is 4.90 Å². The monoisotopic (exact) mass is 680 g/mol. The Kier molecular flexibility index (Phi) is 9.01. The molecule has 0 atom stereocenters. The van der Waals surface area contributed by atoms with E-state index in [4.69, 9.17) is 27.6 Å². The Morgan fingerprint density at radius 2 is 1.14 bits per heavy atom. The van der Waals surface area contributed by atoms with Gasteiger partial charge in [0.1, 0.15) is 5.75 Å². The zero-order valence-corrected chi connectivity index (χ0v) is 28.7. The van der Waals surface area contributed by atoms with Crippen molar-refractivity contribution in [2.45, 2.75) is 19.3 Å². The molecular formula is C43H34Cl2N2O2. The van der Waals surface area contributed by atoms with Gasteiger partial charge in [0.15, 0.2) is 5.76 Å². The van der Waals surface area contributed by atoms with E-state index in [2.05, 4.69) is 139 Å². The van der Waals surface area contributed by atoms with E-state index in [1.165, 1.54) is 22.3 Å². The standard InChI is InChI=1S/C42H32N2O2.CH2Cl2/c1-42(2)37-16-10-9-15-34(37)35-23-19-30(26-38(35)42)40-27-43-41(46-40)36-25-29(20-24-39(36)45)28-17-21-33(22-18-28)44(31-11-5-3-6-12-31)32-13-7-4-8-14-32;2-1-3/h3-27,45H,1-2H3;1H2. The molecule has 242 valence electrons. The van der Waals surface area contributed by atoms with E-state index in [1.807, 2.05) is 24.3 Å². The maximum atomic E-state index is 10.9. The molecule has 1 aliphatic rings. The molecule has 0 amide bonds. The summed E-state index contributed by atoms with van der Waals surface area (Å²) in [6.45, 7) is 4.54. The Morgan fingerprint density at radius 1 is 0.592 bits per heavy atom. The molecule has 0 spiro atoms. The number of anilines is 3. The van der Waals surface area contributed by atoms with Gasteiger partial charge in [-0.25, -0.2) is 4.98 Å². The van der Waals surface area contributed by atoms with E-state index in [9.17, 15) is 5.11 Å². The molecule has 0 saturated heterocycles. The number of para-hydroxylation sites is 2. The molecule has 0 fully saturated rings. The van der Waals surface area contributed by atoms with Gasteiger partial charge in [-0.05, 0) is 88.0 Å². The van der Waals surface area contributed by atoms with Crippen LogP contribution in [0.2, 0.25) is 0 Å². The molecule has 4 nitrogen and oxygen atoms in total. The lowest BCUT2D eigenvalue weighted by Gasteiger charge is -2.25. The fourth-order valence-electron chi connectivity index (χ4n) is 6.68. The van der Waals surface area contributed by atoms with E-state index in [0.717, 1.165) is 33.8 Å². The number of alkyl halides is 2. The lowest BCUT2D eigenvalue weighted by Crippen LogP contribution is -2.14. The molecule has 1 heterocycles. The van der Waals surface area contributed by atoms with E-state index >= 15 is 0 Å². The molecule has 7 aromatic rings. The smallest absolute Gasteiger partial charge is 0.230 e. The number of fused-ring (bicyclic) bond motifs is 3. The van der Waals surface area contributed by atoms with Gasteiger partial charge in [0, 0.05) is 28.0 Å². The van der Waals surface area contributed by atoms with Crippen molar-refractivity contribution in [3.05, 3.63) is 163 Å². The third-order valence-corrected chi connectivity index (χ3v) is 9.09. The Bertz CT molecular complexity index is 2170. The summed E-state index contributed by atoms with van der Waals surface area (Å²) in [5.41, 5.74) is 11.8. The average Bonchev–Trinajstić information content (AvgIpc) is 3.71. The van der Waals surface area contributed by atoms with E-state index < -0.39 is 0 Å². The molecule has 1 aliphatic carbocycles. The Hall–Kier alpha value is -5.29. The minimum atomic E-state index is -0.105. The number of rotatable bonds is 6. The Balaban J connectivity index is 0.00000122. The van der Waals surface area contributed by atoms with Crippen LogP contribution in [-0.4, -0.2) is 15.4 Å². The highest BCUT2D eigenvalue weighted by Gasteiger charge is 2.35. The fourth-order valence-corrected chi connectivity index (χ4v) is 6.68. The van der Waals surface area contributed by atoms with Crippen molar-refractivity contribution >= 4 is 40.3 Å². The molecular weight excluding hydrogens is 647 g/mol. The zero-order valence-electron chi connectivity index (χ0n) is 27.1. The Morgan fingerprint density at radius 3 is 1.82 bits per heavy atom. The molecule has 0 saturated carbocycles. The molecule has 8 rings (SSSR count). The van der Waals surface area contributed by atoms with Crippen molar-refractivity contribution < 1.29 is 9.52 Å². The predicted molar refractivity (Wildman–Crippen MR) is 203 cm³/mol. The molecule has 49 heavy (non-hydrogen) atoms. The molecule has 0 bridgehead atoms. The zero-order chi connectivity index (χ0) is 34.0. The molecule has 0 aliphatic heterocycles. The number of nitrogens with zero attached hydrogens (tertiary/aromatic N) is 2. The number of oxazole rings is 1. The van der Waals surface area contributed by atoms with Crippen LogP contribution in [-0.2, 0) is 5.41 Å². The third kappa shape index (κ3) is 6.22. The van der Waals surface area contributed by atoms with Gasteiger partial charge >= 0.3 is 0 Å². The third-order valence-electron chi connectivity index (χ3n) is 9.09. The summed E-state index contributed by atoms with van der Waals surface area (Å²) in [4.78, 5) is 6.83. The number of aromatic hydroxyl groups is 1. The van der Waals surface area contributed by atoms with E-state index in [1.54, 1.807) is 12.3 Å². The van der Waals surface area contributed by atoms with Crippen molar-refractivity contribution in [3.8, 4) is 50.8 Å². The number of phenols is 1. The SMILES string of the molecule is CC1(C)c2ccccc2-c2ccc(-c3cnc(-c4cc(-c5ccc(N(c6ccccc6)c6ccccc6)cc5)ccc4O)o3)cc21.ClCCl. The topological polar surface area (TPSA) is 49.5 Å². The summed E-state index contributed by atoms with van der Waals surface area (Å²) < 4.78 is 6.30. The lowest BCUT2D eigenvalue weighted by molar-refractivity contribution is 0.473. The van der Waals surface area contributed by atoms with Crippen LogP contribution in [0.3, 0.4) is 0 Å². The molecule has 1 N–H and O–H groups in total. The van der Waals surface area contributed by atoms with Gasteiger partial charge < -0.3 is 14.4 Å². The van der Waals surface area contributed by atoms with Crippen LogP contribution in [0, 0.1) is 0 Å². The fraction of sp³-hybridized carbons (Fsp3) is 0.0930. The maximum absolute atomic E-state index is 10.9. The maximum Gasteiger partial charge on any atom is 0.230 e. The molecule has 6 aromatic carbocycles. The average molecular weight is 682 g/mol. The molecule has 1 aromatic heterocycles. The van der Waals surface area contributed by atoms with Gasteiger partial charge in [0.2, 0.25) is 5.89 Å². The molecule has 0 unspecified atom stereocenters. The number of hydrogen-bond acceptors (Lipinski definition) is 4. The first-order chi connectivity index (χ1) is 23.9. The summed E-state index contributed by atoms with van der Waals surface area (Å²) in [5, 5.41) is 11.1. The summed E-state index contributed by atoms with van der Waals surface area (Å²) >= 11 is 9.53. The van der Waals surface area contributed by atoms with Gasteiger partial charge in [-0.15, -0.1) is 23.2 Å². The quantitative estimate of drug-likeness (QED) is 0.178. The van der Waals surface area contributed by atoms with Crippen molar-refractivity contribution in [1.82, 2.24) is 4.98 Å². The van der Waals surface area contributed by atoms with Crippen molar-refractivity contribution in [2.24, 2.45) is 0 Å². The van der Waals surface area contributed by atoms with Crippen LogP contribution in [0.25, 0.3) is 45.0 Å². The first-order valence-electron chi connectivity index (χ1n) is 16.1. The normalized spacial score (nSPS) is 12.4. The minimum Gasteiger partial charge on any atom is -0.507 e. The summed E-state index contributed by atoms with van der Waals surface area (Å²) in [5.74, 6) is 1.17. The van der Waals surface area contributed by atoms with Crippen LogP contribution >= 0.6 is 23.2 Å². The Labute approximate surface area is 296 Å². The van der Waals surface area contributed by atoms with E-state index in [0.29, 0.717) is 17.2 Å². The second-order valence-corrected chi connectivity index (χ2v) is 13.2. The van der Waals surface area contributed by atoms with Gasteiger partial charge in [0.05, 0.1) is 17.1 Å². The highest BCUT2D eigenvalue weighted by molar-refractivity contribution is 6.40. The van der Waals surface area contributed by atoms with Crippen LogP contribution in [0.5, 0.6) is 5.75 Å². The van der Waals surface area contributed by atoms with Gasteiger partial charge in [-0.3, -0.25) is 0 Å². The van der Waals surface area contributed by atoms with Crippen molar-refractivity contribution in [2.75, 3.05) is 10.2 Å². The van der Waals surface area contributed by atoms with E-state index in [-0.39, 0.29) is 16.5 Å². The van der Waals surface area contributed by atoms with Crippen molar-refractivity contribution in [1.29, 1.82) is 0 Å². The molecule has 0 radical (unpaired) electrons. The van der Waals surface area contributed by atoms with Gasteiger partial charge in [-0.2, -0.15) is 0 Å². The summed E-state index contributed by atoms with van der Waals surface area (Å²) in [6, 6.07) is 49.8. The van der Waals surface area contributed by atoms with Crippen LogP contribution in [0.15, 0.2) is 156 Å². The number of hydrogen-bond donors (Lipinski definition) is 1. The second-order valence-electron chi connectivity index (χ2n) is 12.3. The van der Waals surface area contributed by atoms with Gasteiger partial charge in [0.25, 0.3) is 0 Å².